The predicted octanol–water partition coefficient (Wildman–Crippen LogP) is 4.06. The van der Waals surface area contributed by atoms with E-state index in [1.165, 1.54) is 6.08 Å². The summed E-state index contributed by atoms with van der Waals surface area (Å²) in [6.45, 7) is 1.80. The summed E-state index contributed by atoms with van der Waals surface area (Å²) in [5.74, 6) is -0.914. The van der Waals surface area contributed by atoms with Crippen LogP contribution < -0.4 is 0 Å². The first kappa shape index (κ1) is 14.0. The SMILES string of the molecule is CC(/C=C/C1CCC(C(F)(F)F)CC1)=C\C=O. The topological polar surface area (TPSA) is 17.1 Å². The molecule has 1 rings (SSSR count). The molecule has 96 valence electrons. The second-order valence-electron chi connectivity index (χ2n) is 4.56. The van der Waals surface area contributed by atoms with Gasteiger partial charge in [-0.25, -0.2) is 0 Å². The van der Waals surface area contributed by atoms with Crippen LogP contribution in [0.5, 0.6) is 0 Å². The van der Waals surface area contributed by atoms with Crippen molar-refractivity contribution in [3.05, 3.63) is 23.8 Å². The summed E-state index contributed by atoms with van der Waals surface area (Å²) in [6.07, 6.45) is 3.43. The molecule has 0 heterocycles. The van der Waals surface area contributed by atoms with Crippen LogP contribution in [0.2, 0.25) is 0 Å². The van der Waals surface area contributed by atoms with Crippen molar-refractivity contribution in [3.63, 3.8) is 0 Å². The molecule has 1 fully saturated rings. The molecule has 0 atom stereocenters. The molecule has 1 aliphatic rings. The summed E-state index contributed by atoms with van der Waals surface area (Å²) < 4.78 is 37.3. The molecule has 4 heteroatoms. The number of hydrogen-bond acceptors (Lipinski definition) is 1. The molecule has 1 nitrogen and oxygen atoms in total. The number of alkyl halides is 3. The van der Waals surface area contributed by atoms with Crippen molar-refractivity contribution in [2.24, 2.45) is 11.8 Å². The second-order valence-corrected chi connectivity index (χ2v) is 4.56. The van der Waals surface area contributed by atoms with E-state index >= 15 is 0 Å². The molecule has 0 aromatic rings. The molecule has 0 aromatic heterocycles. The Morgan fingerprint density at radius 1 is 1.18 bits per heavy atom. The van der Waals surface area contributed by atoms with Crippen molar-refractivity contribution in [1.29, 1.82) is 0 Å². The van der Waals surface area contributed by atoms with Crippen molar-refractivity contribution in [2.75, 3.05) is 0 Å². The maximum atomic E-state index is 12.4. The Morgan fingerprint density at radius 3 is 2.24 bits per heavy atom. The summed E-state index contributed by atoms with van der Waals surface area (Å²) >= 11 is 0. The fraction of sp³-hybridized carbons (Fsp3) is 0.615. The number of carbonyl (C=O) groups excluding carboxylic acids is 1. The van der Waals surface area contributed by atoms with E-state index in [1.807, 2.05) is 12.2 Å². The number of halogens is 3. The van der Waals surface area contributed by atoms with Gasteiger partial charge in [0.05, 0.1) is 5.92 Å². The summed E-state index contributed by atoms with van der Waals surface area (Å²) in [7, 11) is 0. The van der Waals surface area contributed by atoms with Crippen LogP contribution in [0.4, 0.5) is 13.2 Å². The Labute approximate surface area is 99.4 Å². The van der Waals surface area contributed by atoms with Crippen LogP contribution in [0.3, 0.4) is 0 Å². The lowest BCUT2D eigenvalue weighted by molar-refractivity contribution is -0.183. The Hall–Kier alpha value is -1.06. The minimum Gasteiger partial charge on any atom is -0.299 e. The van der Waals surface area contributed by atoms with Crippen molar-refractivity contribution < 1.29 is 18.0 Å². The highest BCUT2D eigenvalue weighted by Crippen LogP contribution is 2.39. The number of aldehydes is 1. The Bertz CT molecular complexity index is 307. The second kappa shape index (κ2) is 6.03. The van der Waals surface area contributed by atoms with Gasteiger partial charge in [-0.05, 0) is 50.2 Å². The molecular weight excluding hydrogens is 229 g/mol. The molecule has 0 unspecified atom stereocenters. The molecule has 0 amide bonds. The van der Waals surface area contributed by atoms with E-state index in [-0.39, 0.29) is 18.8 Å². The summed E-state index contributed by atoms with van der Waals surface area (Å²) in [5.41, 5.74) is 0.831. The molecule has 0 saturated heterocycles. The van der Waals surface area contributed by atoms with Crippen molar-refractivity contribution >= 4 is 6.29 Å². The molecule has 1 aliphatic carbocycles. The van der Waals surface area contributed by atoms with E-state index in [9.17, 15) is 18.0 Å². The maximum absolute atomic E-state index is 12.4. The monoisotopic (exact) mass is 246 g/mol. The lowest BCUT2D eigenvalue weighted by Gasteiger charge is -2.28. The predicted molar refractivity (Wildman–Crippen MR) is 60.5 cm³/mol. The smallest absolute Gasteiger partial charge is 0.299 e. The summed E-state index contributed by atoms with van der Waals surface area (Å²) in [4.78, 5) is 10.2. The van der Waals surface area contributed by atoms with Crippen molar-refractivity contribution in [1.82, 2.24) is 0 Å². The van der Waals surface area contributed by atoms with Gasteiger partial charge in [0.2, 0.25) is 0 Å². The van der Waals surface area contributed by atoms with Crippen molar-refractivity contribution in [3.8, 4) is 0 Å². The third-order valence-corrected chi connectivity index (χ3v) is 3.20. The molecule has 1 saturated carbocycles. The van der Waals surface area contributed by atoms with Crippen LogP contribution in [0.15, 0.2) is 23.8 Å². The average Bonchev–Trinajstić information content (AvgIpc) is 2.26. The number of carbonyl (C=O) groups is 1. The van der Waals surface area contributed by atoms with E-state index in [1.54, 1.807) is 6.92 Å². The third-order valence-electron chi connectivity index (χ3n) is 3.20. The fourth-order valence-electron chi connectivity index (χ4n) is 2.09. The Kier molecular flexibility index (Phi) is 4.97. The van der Waals surface area contributed by atoms with Gasteiger partial charge in [0.25, 0.3) is 0 Å². The quantitative estimate of drug-likeness (QED) is 0.417. The van der Waals surface area contributed by atoms with Crippen LogP contribution in [0, 0.1) is 11.8 Å². The van der Waals surface area contributed by atoms with Crippen LogP contribution in [0.1, 0.15) is 32.6 Å². The van der Waals surface area contributed by atoms with Gasteiger partial charge in [-0.15, -0.1) is 0 Å². The van der Waals surface area contributed by atoms with Gasteiger partial charge in [-0.1, -0.05) is 12.2 Å². The van der Waals surface area contributed by atoms with Gasteiger partial charge < -0.3 is 0 Å². The van der Waals surface area contributed by atoms with Crippen LogP contribution in [-0.4, -0.2) is 12.5 Å². The maximum Gasteiger partial charge on any atom is 0.391 e. The first-order chi connectivity index (χ1) is 7.93. The highest BCUT2D eigenvalue weighted by molar-refractivity contribution is 5.66. The molecule has 0 aromatic carbocycles. The average molecular weight is 246 g/mol. The van der Waals surface area contributed by atoms with Gasteiger partial charge in [0.1, 0.15) is 6.29 Å². The van der Waals surface area contributed by atoms with Gasteiger partial charge >= 0.3 is 6.18 Å². The third kappa shape index (κ3) is 4.75. The summed E-state index contributed by atoms with van der Waals surface area (Å²) in [6, 6.07) is 0. The normalized spacial score (nSPS) is 27.4. The number of allylic oxidation sites excluding steroid dienone is 4. The Morgan fingerprint density at radius 2 is 1.76 bits per heavy atom. The van der Waals surface area contributed by atoms with E-state index in [0.29, 0.717) is 19.1 Å². The fourth-order valence-corrected chi connectivity index (χ4v) is 2.09. The molecule has 0 N–H and O–H groups in total. The zero-order chi connectivity index (χ0) is 12.9. The van der Waals surface area contributed by atoms with Gasteiger partial charge in [0, 0.05) is 0 Å². The van der Waals surface area contributed by atoms with E-state index < -0.39 is 12.1 Å². The van der Waals surface area contributed by atoms with Gasteiger partial charge in [0.15, 0.2) is 0 Å². The molecule has 0 bridgehead atoms. The summed E-state index contributed by atoms with van der Waals surface area (Å²) in [5, 5.41) is 0. The molecule has 17 heavy (non-hydrogen) atoms. The minimum absolute atomic E-state index is 0.212. The number of hydrogen-bond donors (Lipinski definition) is 0. The van der Waals surface area contributed by atoms with Crippen LogP contribution in [-0.2, 0) is 4.79 Å². The highest BCUT2D eigenvalue weighted by atomic mass is 19.4. The van der Waals surface area contributed by atoms with Crippen LogP contribution >= 0.6 is 0 Å². The molecular formula is C13H17F3O. The minimum atomic E-state index is -4.04. The van der Waals surface area contributed by atoms with E-state index in [4.69, 9.17) is 0 Å². The number of rotatable bonds is 3. The first-order valence-electron chi connectivity index (χ1n) is 5.80. The zero-order valence-corrected chi connectivity index (χ0v) is 9.83. The largest absolute Gasteiger partial charge is 0.391 e. The van der Waals surface area contributed by atoms with E-state index in [2.05, 4.69) is 0 Å². The molecule has 0 aliphatic heterocycles. The van der Waals surface area contributed by atoms with Crippen molar-refractivity contribution in [2.45, 2.75) is 38.8 Å². The first-order valence-corrected chi connectivity index (χ1v) is 5.80. The van der Waals surface area contributed by atoms with Crippen LogP contribution in [0.25, 0.3) is 0 Å². The van der Waals surface area contributed by atoms with Gasteiger partial charge in [-0.3, -0.25) is 4.79 Å². The zero-order valence-electron chi connectivity index (χ0n) is 9.83. The van der Waals surface area contributed by atoms with Gasteiger partial charge in [-0.2, -0.15) is 13.2 Å². The highest BCUT2D eigenvalue weighted by Gasteiger charge is 2.40. The standard InChI is InChI=1S/C13H17F3O/c1-10(8-9-17)2-3-11-4-6-12(7-5-11)13(14,15)16/h2-3,8-9,11-12H,4-7H2,1H3/b3-2+,10-8+. The molecule has 0 radical (unpaired) electrons. The molecule has 0 spiro atoms. The lowest BCUT2D eigenvalue weighted by atomic mass is 9.81. The Balaban J connectivity index is 2.43. The van der Waals surface area contributed by atoms with E-state index in [0.717, 1.165) is 5.57 Å². The lowest BCUT2D eigenvalue weighted by Crippen LogP contribution is -2.27.